The molecule has 0 bridgehead atoms. The van der Waals surface area contributed by atoms with Gasteiger partial charge in [-0.1, -0.05) is 30.3 Å². The van der Waals surface area contributed by atoms with Crippen LogP contribution in [0.3, 0.4) is 0 Å². The zero-order valence-electron chi connectivity index (χ0n) is 4.54. The number of hydrogen-bond acceptors (Lipinski definition) is 1. The Morgan fingerprint density at radius 3 is 1.50 bits per heavy atom. The van der Waals surface area contributed by atoms with Gasteiger partial charge >= 0.3 is 27.7 Å². The number of benzene rings is 1. The molecule has 0 aliphatic carbocycles. The monoisotopic (exact) mass is 296 g/mol. The molecule has 8 heavy (non-hydrogen) atoms. The standard InChI is InChI=1S/C6H5.Hg.H2O/c1-2-4-6-5-3-1;;/h1-5H;;1H2/q;+1;/p-1. The molecular formula is C6H6HgO. The van der Waals surface area contributed by atoms with Gasteiger partial charge in [-0.25, -0.2) is 0 Å². The average Bonchev–Trinajstić information content (AvgIpc) is 1.72. The first-order chi connectivity index (χ1) is 3.00. The predicted molar refractivity (Wildman–Crippen MR) is 27.2 cm³/mol. The minimum absolute atomic E-state index is 0. The molecule has 2 radical (unpaired) electrons. The van der Waals surface area contributed by atoms with E-state index in [-0.39, 0.29) is 33.1 Å². The molecule has 0 unspecified atom stereocenters. The Kier molecular flexibility index (Phi) is 9.77. The van der Waals surface area contributed by atoms with Crippen molar-refractivity contribution in [2.75, 3.05) is 0 Å². The third-order valence-electron chi connectivity index (χ3n) is 0.607. The maximum absolute atomic E-state index is 2.89. The first kappa shape index (κ1) is 11.0. The third-order valence-corrected chi connectivity index (χ3v) is 0.607. The Bertz CT molecular complexity index is 80.5. The zero-order chi connectivity index (χ0) is 4.24. The summed E-state index contributed by atoms with van der Waals surface area (Å²) in [6.45, 7) is 0. The Hall–Kier alpha value is 0.115. The summed E-state index contributed by atoms with van der Waals surface area (Å²) in [5, 5.41) is 0. The maximum atomic E-state index is 2.89. The van der Waals surface area contributed by atoms with E-state index in [9.17, 15) is 0 Å². The molecule has 0 heterocycles. The van der Waals surface area contributed by atoms with Crippen molar-refractivity contribution in [3.63, 3.8) is 0 Å². The molecule has 1 rings (SSSR count). The van der Waals surface area contributed by atoms with Crippen LogP contribution in [0.15, 0.2) is 30.3 Å². The third kappa shape index (κ3) is 4.28. The SMILES string of the molecule is [Hg+].[OH-].[c]1ccccc1. The fourth-order valence-electron chi connectivity index (χ4n) is 0.342. The molecule has 1 N–H and O–H groups in total. The van der Waals surface area contributed by atoms with Crippen molar-refractivity contribution in [1.82, 2.24) is 0 Å². The fraction of sp³-hybridized carbons (Fsp3) is 0. The summed E-state index contributed by atoms with van der Waals surface area (Å²) < 4.78 is 0. The van der Waals surface area contributed by atoms with Gasteiger partial charge in [0.15, 0.2) is 0 Å². The van der Waals surface area contributed by atoms with E-state index in [4.69, 9.17) is 0 Å². The van der Waals surface area contributed by atoms with E-state index in [1.54, 1.807) is 0 Å². The summed E-state index contributed by atoms with van der Waals surface area (Å²) in [6, 6.07) is 12.5. The Labute approximate surface area is 69.5 Å². The second kappa shape index (κ2) is 7.12. The van der Waals surface area contributed by atoms with Crippen LogP contribution >= 0.6 is 0 Å². The predicted octanol–water partition coefficient (Wildman–Crippen LogP) is 1.31. The zero-order valence-corrected chi connectivity index (χ0v) is 10.0. The van der Waals surface area contributed by atoms with Gasteiger partial charge in [0.25, 0.3) is 0 Å². The summed E-state index contributed by atoms with van der Waals surface area (Å²) in [4.78, 5) is 0. The molecule has 0 atom stereocenters. The van der Waals surface area contributed by atoms with Crippen molar-refractivity contribution in [3.8, 4) is 0 Å². The van der Waals surface area contributed by atoms with Crippen LogP contribution in [0.25, 0.3) is 0 Å². The summed E-state index contributed by atoms with van der Waals surface area (Å²) in [5.74, 6) is 0. The quantitative estimate of drug-likeness (QED) is 0.664. The Balaban J connectivity index is 0. The van der Waals surface area contributed by atoms with Gasteiger partial charge in [0.1, 0.15) is 0 Å². The van der Waals surface area contributed by atoms with Gasteiger partial charge in [-0.2, -0.15) is 0 Å². The van der Waals surface area contributed by atoms with Crippen LogP contribution in [-0.2, 0) is 27.7 Å². The summed E-state index contributed by atoms with van der Waals surface area (Å²) in [7, 11) is 0. The molecule has 0 amide bonds. The van der Waals surface area contributed by atoms with Crippen LogP contribution in [0.4, 0.5) is 0 Å². The van der Waals surface area contributed by atoms with Crippen molar-refractivity contribution in [2.45, 2.75) is 0 Å². The van der Waals surface area contributed by atoms with E-state index in [1.165, 1.54) is 0 Å². The van der Waals surface area contributed by atoms with Crippen molar-refractivity contribution in [2.24, 2.45) is 0 Å². The molecule has 1 nitrogen and oxygen atoms in total. The summed E-state index contributed by atoms with van der Waals surface area (Å²) in [5.41, 5.74) is 0. The largest absolute Gasteiger partial charge is 1.00 e. The van der Waals surface area contributed by atoms with E-state index in [2.05, 4.69) is 6.07 Å². The van der Waals surface area contributed by atoms with Crippen LogP contribution in [0.5, 0.6) is 0 Å². The smallest absolute Gasteiger partial charge is 0.870 e. The molecule has 1 aromatic rings. The van der Waals surface area contributed by atoms with Gasteiger partial charge in [-0.15, -0.1) is 0 Å². The van der Waals surface area contributed by atoms with Crippen molar-refractivity contribution >= 4 is 0 Å². The van der Waals surface area contributed by atoms with Crippen LogP contribution in [0.2, 0.25) is 0 Å². The van der Waals surface area contributed by atoms with Crippen molar-refractivity contribution < 1.29 is 33.1 Å². The molecule has 38 valence electrons. The van der Waals surface area contributed by atoms with Gasteiger partial charge in [0.05, 0.1) is 0 Å². The van der Waals surface area contributed by atoms with E-state index < -0.39 is 0 Å². The minimum atomic E-state index is 0. The Morgan fingerprint density at radius 2 is 1.38 bits per heavy atom. The summed E-state index contributed by atoms with van der Waals surface area (Å²) in [6.07, 6.45) is 0. The van der Waals surface area contributed by atoms with Crippen LogP contribution < -0.4 is 0 Å². The van der Waals surface area contributed by atoms with Gasteiger partial charge in [-0.05, 0) is 6.07 Å². The average molecular weight is 295 g/mol. The Morgan fingerprint density at radius 1 is 0.875 bits per heavy atom. The number of hydrogen-bond donors (Lipinski definition) is 0. The molecule has 0 saturated heterocycles. The second-order valence-electron chi connectivity index (χ2n) is 1.08. The molecule has 0 aliphatic rings. The van der Waals surface area contributed by atoms with Gasteiger partial charge in [-0.3, -0.25) is 0 Å². The second-order valence-corrected chi connectivity index (χ2v) is 1.08. The van der Waals surface area contributed by atoms with E-state index in [0.29, 0.717) is 0 Å². The van der Waals surface area contributed by atoms with E-state index >= 15 is 0 Å². The number of rotatable bonds is 0. The topological polar surface area (TPSA) is 30.0 Å². The molecule has 1 aromatic carbocycles. The fourth-order valence-corrected chi connectivity index (χ4v) is 0.342. The normalized spacial score (nSPS) is 6.00. The van der Waals surface area contributed by atoms with E-state index in [1.807, 2.05) is 30.3 Å². The minimum Gasteiger partial charge on any atom is -0.870 e. The van der Waals surface area contributed by atoms with E-state index in [0.717, 1.165) is 0 Å². The van der Waals surface area contributed by atoms with Crippen LogP contribution in [-0.4, -0.2) is 5.48 Å². The van der Waals surface area contributed by atoms with Gasteiger partial charge in [0, 0.05) is 0 Å². The van der Waals surface area contributed by atoms with Crippen molar-refractivity contribution in [1.29, 1.82) is 0 Å². The van der Waals surface area contributed by atoms with Crippen LogP contribution in [0.1, 0.15) is 0 Å². The first-order valence-corrected chi connectivity index (χ1v) is 1.91. The molecule has 0 spiro atoms. The first-order valence-electron chi connectivity index (χ1n) is 1.91. The van der Waals surface area contributed by atoms with Crippen molar-refractivity contribution in [3.05, 3.63) is 36.4 Å². The maximum Gasteiger partial charge on any atom is 1.00 e. The molecule has 0 saturated carbocycles. The molecule has 0 fully saturated rings. The molecule has 0 aromatic heterocycles. The molecule has 2 heteroatoms. The summed E-state index contributed by atoms with van der Waals surface area (Å²) >= 11 is 0. The molecule has 0 aliphatic heterocycles. The molecular weight excluding hydrogens is 289 g/mol. The van der Waals surface area contributed by atoms with Gasteiger partial charge < -0.3 is 5.48 Å². The van der Waals surface area contributed by atoms with Gasteiger partial charge in [0.2, 0.25) is 0 Å². The van der Waals surface area contributed by atoms with Crippen LogP contribution in [0, 0.1) is 6.07 Å².